The Kier molecular flexibility index (Phi) is 4.68. The van der Waals surface area contributed by atoms with Crippen LogP contribution in [0.1, 0.15) is 11.1 Å². The molecule has 0 atom stereocenters. The van der Waals surface area contributed by atoms with Gasteiger partial charge in [0.25, 0.3) is 5.56 Å². The minimum Gasteiger partial charge on any atom is -0.268 e. The largest absolute Gasteiger partial charge is 0.416 e. The van der Waals surface area contributed by atoms with Crippen LogP contribution in [-0.2, 0) is 11.9 Å². The van der Waals surface area contributed by atoms with Crippen LogP contribution in [0.3, 0.4) is 0 Å². The molecule has 0 aliphatic carbocycles. The van der Waals surface area contributed by atoms with Crippen molar-refractivity contribution in [2.45, 2.75) is 17.1 Å². The predicted octanol–water partition coefficient (Wildman–Crippen LogP) is 4.42. The van der Waals surface area contributed by atoms with E-state index < -0.39 is 11.7 Å². The van der Waals surface area contributed by atoms with E-state index in [1.165, 1.54) is 34.7 Å². The van der Waals surface area contributed by atoms with Crippen molar-refractivity contribution in [3.05, 3.63) is 82.3 Å². The number of hydrogen-bond donors (Lipinski definition) is 1. The molecule has 0 saturated heterocycles. The molecular weight excluding hydrogens is 389 g/mol. The number of halogens is 3. The summed E-state index contributed by atoms with van der Waals surface area (Å²) >= 11 is 1.26. The molecule has 0 bridgehead atoms. The fourth-order valence-corrected chi connectivity index (χ4v) is 3.67. The number of aromatic amines is 1. The molecule has 2 aromatic carbocycles. The molecule has 0 spiro atoms. The second kappa shape index (κ2) is 7.16. The second-order valence-electron chi connectivity index (χ2n) is 5.99. The van der Waals surface area contributed by atoms with Crippen LogP contribution in [0, 0.1) is 0 Å². The summed E-state index contributed by atoms with van der Waals surface area (Å²) in [6.45, 7) is 0. The summed E-state index contributed by atoms with van der Waals surface area (Å²) in [4.78, 5) is 17.4. The number of fused-ring (bicyclic) bond motifs is 1. The van der Waals surface area contributed by atoms with E-state index in [4.69, 9.17) is 0 Å². The zero-order valence-corrected chi connectivity index (χ0v) is 15.1. The van der Waals surface area contributed by atoms with E-state index in [1.807, 2.05) is 18.2 Å². The molecule has 4 rings (SSSR count). The van der Waals surface area contributed by atoms with Crippen molar-refractivity contribution < 1.29 is 13.2 Å². The Bertz CT molecular complexity index is 1170. The van der Waals surface area contributed by atoms with Crippen molar-refractivity contribution in [3.8, 4) is 5.69 Å². The van der Waals surface area contributed by atoms with Gasteiger partial charge in [0, 0.05) is 5.75 Å². The number of H-pyrrole nitrogens is 1. The van der Waals surface area contributed by atoms with Crippen LogP contribution in [0.4, 0.5) is 13.2 Å². The van der Waals surface area contributed by atoms with Crippen LogP contribution in [0.15, 0.2) is 70.7 Å². The smallest absolute Gasteiger partial charge is 0.268 e. The van der Waals surface area contributed by atoms with Gasteiger partial charge < -0.3 is 0 Å². The Balaban J connectivity index is 1.69. The molecule has 9 heteroatoms. The van der Waals surface area contributed by atoms with Crippen molar-refractivity contribution in [1.29, 1.82) is 0 Å². The molecule has 2 aromatic heterocycles. The van der Waals surface area contributed by atoms with Crippen molar-refractivity contribution >= 4 is 22.8 Å². The summed E-state index contributed by atoms with van der Waals surface area (Å²) < 4.78 is 39.6. The number of thioether (sulfide) groups is 1. The number of aromatic nitrogens is 4. The summed E-state index contributed by atoms with van der Waals surface area (Å²) in [5.41, 5.74) is 0.751. The first-order valence-electron chi connectivity index (χ1n) is 8.24. The second-order valence-corrected chi connectivity index (χ2v) is 6.93. The maximum absolute atomic E-state index is 12.9. The van der Waals surface area contributed by atoms with Gasteiger partial charge in [0.2, 0.25) is 0 Å². The number of benzene rings is 2. The lowest BCUT2D eigenvalue weighted by Crippen LogP contribution is -2.21. The van der Waals surface area contributed by atoms with E-state index >= 15 is 0 Å². The van der Waals surface area contributed by atoms with Gasteiger partial charge in [-0.3, -0.25) is 14.5 Å². The maximum Gasteiger partial charge on any atom is 0.416 e. The van der Waals surface area contributed by atoms with Crippen LogP contribution >= 0.6 is 11.8 Å². The molecule has 28 heavy (non-hydrogen) atoms. The van der Waals surface area contributed by atoms with Gasteiger partial charge in [-0.25, -0.2) is 4.98 Å². The van der Waals surface area contributed by atoms with Gasteiger partial charge in [0.15, 0.2) is 10.8 Å². The normalized spacial score (nSPS) is 11.8. The lowest BCUT2D eigenvalue weighted by atomic mass is 10.1. The highest BCUT2D eigenvalue weighted by Crippen LogP contribution is 2.30. The summed E-state index contributed by atoms with van der Waals surface area (Å²) in [5, 5.41) is 7.35. The molecule has 0 unspecified atom stereocenters. The van der Waals surface area contributed by atoms with Gasteiger partial charge in [-0.05, 0) is 29.8 Å². The van der Waals surface area contributed by atoms with Gasteiger partial charge >= 0.3 is 6.18 Å². The fourth-order valence-electron chi connectivity index (χ4n) is 2.71. The third-order valence-electron chi connectivity index (χ3n) is 4.12. The van der Waals surface area contributed by atoms with E-state index in [0.717, 1.165) is 12.1 Å². The number of para-hydroxylation sites is 1. The third-order valence-corrected chi connectivity index (χ3v) is 5.12. The van der Waals surface area contributed by atoms with E-state index in [2.05, 4.69) is 15.2 Å². The molecule has 142 valence electrons. The van der Waals surface area contributed by atoms with Crippen molar-refractivity contribution in [1.82, 2.24) is 19.7 Å². The summed E-state index contributed by atoms with van der Waals surface area (Å²) in [6.07, 6.45) is -2.94. The van der Waals surface area contributed by atoms with Crippen molar-refractivity contribution in [3.63, 3.8) is 0 Å². The Morgan fingerprint density at radius 1 is 1.04 bits per heavy atom. The van der Waals surface area contributed by atoms with Crippen molar-refractivity contribution in [2.24, 2.45) is 0 Å². The summed E-state index contributed by atoms with van der Waals surface area (Å²) in [6, 6.07) is 14.0. The van der Waals surface area contributed by atoms with Crippen LogP contribution in [0.25, 0.3) is 16.7 Å². The van der Waals surface area contributed by atoms with E-state index in [-0.39, 0.29) is 5.56 Å². The molecule has 1 N–H and O–H groups in total. The molecule has 0 saturated carbocycles. The van der Waals surface area contributed by atoms with E-state index in [1.54, 1.807) is 12.1 Å². The molecule has 0 amide bonds. The van der Waals surface area contributed by atoms with Gasteiger partial charge in [0.05, 0.1) is 17.4 Å². The fraction of sp³-hybridized carbons (Fsp3) is 0.105. The number of nitrogens with zero attached hydrogens (tertiary/aromatic N) is 3. The van der Waals surface area contributed by atoms with Crippen LogP contribution in [0.5, 0.6) is 0 Å². The zero-order chi connectivity index (χ0) is 19.7. The first kappa shape index (κ1) is 18.3. The Morgan fingerprint density at radius 3 is 2.43 bits per heavy atom. The molecule has 5 nitrogen and oxygen atoms in total. The minimum atomic E-state index is -4.37. The van der Waals surface area contributed by atoms with Crippen LogP contribution in [0.2, 0.25) is 0 Å². The first-order chi connectivity index (χ1) is 13.4. The van der Waals surface area contributed by atoms with Crippen LogP contribution in [-0.4, -0.2) is 19.7 Å². The van der Waals surface area contributed by atoms with Crippen molar-refractivity contribution in [2.75, 3.05) is 0 Å². The lowest BCUT2D eigenvalue weighted by Gasteiger charge is -2.12. The Labute approximate surface area is 161 Å². The average Bonchev–Trinajstić information content (AvgIpc) is 3.16. The predicted molar refractivity (Wildman–Crippen MR) is 100 cm³/mol. The van der Waals surface area contributed by atoms with Gasteiger partial charge in [0.1, 0.15) is 5.39 Å². The highest BCUT2D eigenvalue weighted by atomic mass is 32.2. The third kappa shape index (κ3) is 3.53. The molecule has 0 fully saturated rings. The number of alkyl halides is 3. The summed E-state index contributed by atoms with van der Waals surface area (Å²) in [7, 11) is 0. The number of rotatable bonds is 4. The topological polar surface area (TPSA) is 63.6 Å². The minimum absolute atomic E-state index is 0.264. The van der Waals surface area contributed by atoms with Gasteiger partial charge in [-0.15, -0.1) is 0 Å². The molecule has 4 aromatic rings. The lowest BCUT2D eigenvalue weighted by molar-refractivity contribution is -0.137. The monoisotopic (exact) mass is 402 g/mol. The average molecular weight is 402 g/mol. The SMILES string of the molecule is O=c1c2cn[nH]c2nc(SCc2ccc(C(F)(F)F)cc2)n1-c1ccccc1. The summed E-state index contributed by atoms with van der Waals surface area (Å²) in [5.74, 6) is 0.358. The molecule has 0 aliphatic rings. The Hall–Kier alpha value is -3.07. The maximum atomic E-state index is 12.9. The number of hydrogen-bond acceptors (Lipinski definition) is 4. The molecule has 2 heterocycles. The van der Waals surface area contributed by atoms with E-state index in [0.29, 0.717) is 33.2 Å². The quantitative estimate of drug-likeness (QED) is 0.405. The highest BCUT2D eigenvalue weighted by molar-refractivity contribution is 7.98. The van der Waals surface area contributed by atoms with Crippen LogP contribution < -0.4 is 5.56 Å². The Morgan fingerprint density at radius 2 is 1.75 bits per heavy atom. The molecular formula is C19H13F3N4OS. The zero-order valence-electron chi connectivity index (χ0n) is 14.3. The first-order valence-corrected chi connectivity index (χ1v) is 9.22. The van der Waals surface area contributed by atoms with Gasteiger partial charge in [-0.1, -0.05) is 42.1 Å². The standard InChI is InChI=1S/C19H13F3N4OS/c20-19(21,22)13-8-6-12(7-9-13)11-28-18-24-16-15(10-23-25-16)17(27)26(18)14-4-2-1-3-5-14/h1-10H,11H2,(H,23,25). The molecule has 0 aliphatic heterocycles. The molecule has 0 radical (unpaired) electrons. The highest BCUT2D eigenvalue weighted by Gasteiger charge is 2.29. The van der Waals surface area contributed by atoms with E-state index in [9.17, 15) is 18.0 Å². The van der Waals surface area contributed by atoms with Gasteiger partial charge in [-0.2, -0.15) is 18.3 Å². The number of nitrogens with one attached hydrogen (secondary N) is 1.